The van der Waals surface area contributed by atoms with E-state index in [0.29, 0.717) is 5.41 Å². The third-order valence-corrected chi connectivity index (χ3v) is 5.08. The van der Waals surface area contributed by atoms with E-state index in [1.807, 2.05) is 4.90 Å². The van der Waals surface area contributed by atoms with Gasteiger partial charge in [0.2, 0.25) is 5.91 Å². The Balaban J connectivity index is 1.95. The third kappa shape index (κ3) is 2.28. The van der Waals surface area contributed by atoms with Crippen LogP contribution in [-0.2, 0) is 4.79 Å². The number of amides is 1. The maximum absolute atomic E-state index is 11.8. The van der Waals surface area contributed by atoms with Crippen molar-refractivity contribution in [1.29, 1.82) is 0 Å². The van der Waals surface area contributed by atoms with Crippen molar-refractivity contribution in [3.05, 3.63) is 0 Å². The van der Waals surface area contributed by atoms with Gasteiger partial charge in [-0.2, -0.15) is 0 Å². The second-order valence-electron chi connectivity index (χ2n) is 5.56. The van der Waals surface area contributed by atoms with Crippen molar-refractivity contribution < 1.29 is 4.79 Å². The Hall–Kier alpha value is -0.0900. The standard InChI is InChI=1S/C12H21BrN2O/c1-9(14)11(16)15-5-4-12(8-15)3-2-10(6-12)7-13/h9-10H,2-8,14H2,1H3. The fourth-order valence-electron chi connectivity index (χ4n) is 3.24. The molecular weight excluding hydrogens is 268 g/mol. The van der Waals surface area contributed by atoms with Gasteiger partial charge in [-0.25, -0.2) is 0 Å². The minimum absolute atomic E-state index is 0.124. The fourth-order valence-corrected chi connectivity index (χ4v) is 3.79. The molecule has 3 atom stereocenters. The number of hydrogen-bond donors (Lipinski definition) is 1. The monoisotopic (exact) mass is 288 g/mol. The average Bonchev–Trinajstić information content (AvgIpc) is 2.85. The number of carbonyl (C=O) groups is 1. The summed E-state index contributed by atoms with van der Waals surface area (Å²) in [6, 6.07) is -0.344. The molecular formula is C12H21BrN2O. The second-order valence-corrected chi connectivity index (χ2v) is 6.21. The molecule has 92 valence electrons. The molecule has 1 heterocycles. The average molecular weight is 289 g/mol. The number of carbonyl (C=O) groups excluding carboxylic acids is 1. The lowest BCUT2D eigenvalue weighted by Crippen LogP contribution is -2.41. The molecule has 1 spiro atoms. The number of rotatable bonds is 2. The highest BCUT2D eigenvalue weighted by Gasteiger charge is 2.44. The zero-order chi connectivity index (χ0) is 11.8. The summed E-state index contributed by atoms with van der Waals surface area (Å²) in [5, 5.41) is 1.11. The van der Waals surface area contributed by atoms with Crippen LogP contribution < -0.4 is 5.73 Å². The molecule has 0 aromatic heterocycles. The smallest absolute Gasteiger partial charge is 0.239 e. The highest BCUT2D eigenvalue weighted by Crippen LogP contribution is 2.48. The molecule has 1 saturated carbocycles. The molecule has 0 aromatic rings. The number of nitrogens with two attached hydrogens (primary N) is 1. The molecule has 3 nitrogen and oxygen atoms in total. The maximum Gasteiger partial charge on any atom is 0.239 e. The van der Waals surface area contributed by atoms with Gasteiger partial charge in [0.1, 0.15) is 0 Å². The molecule has 2 N–H and O–H groups in total. The van der Waals surface area contributed by atoms with E-state index in [0.717, 1.165) is 24.3 Å². The van der Waals surface area contributed by atoms with E-state index in [9.17, 15) is 4.79 Å². The molecule has 0 aromatic carbocycles. The first-order chi connectivity index (χ1) is 7.56. The van der Waals surface area contributed by atoms with Crippen molar-refractivity contribution in [3.8, 4) is 0 Å². The van der Waals surface area contributed by atoms with Crippen LogP contribution in [0.25, 0.3) is 0 Å². The number of hydrogen-bond acceptors (Lipinski definition) is 2. The summed E-state index contributed by atoms with van der Waals surface area (Å²) in [7, 11) is 0. The first-order valence-corrected chi connectivity index (χ1v) is 7.29. The Morgan fingerprint density at radius 3 is 2.94 bits per heavy atom. The van der Waals surface area contributed by atoms with E-state index >= 15 is 0 Å². The van der Waals surface area contributed by atoms with Crippen LogP contribution in [0.15, 0.2) is 0 Å². The molecule has 0 radical (unpaired) electrons. The lowest BCUT2D eigenvalue weighted by molar-refractivity contribution is -0.131. The van der Waals surface area contributed by atoms with Gasteiger partial charge in [-0.15, -0.1) is 0 Å². The van der Waals surface area contributed by atoms with Crippen molar-refractivity contribution in [1.82, 2.24) is 4.90 Å². The lowest BCUT2D eigenvalue weighted by atomic mass is 9.85. The Morgan fingerprint density at radius 2 is 2.38 bits per heavy atom. The fraction of sp³-hybridized carbons (Fsp3) is 0.917. The van der Waals surface area contributed by atoms with Crippen LogP contribution in [0.5, 0.6) is 0 Å². The predicted molar refractivity (Wildman–Crippen MR) is 68.4 cm³/mol. The van der Waals surface area contributed by atoms with Gasteiger partial charge in [-0.05, 0) is 43.9 Å². The van der Waals surface area contributed by atoms with E-state index in [-0.39, 0.29) is 11.9 Å². The molecule has 2 rings (SSSR count). The molecule has 1 aliphatic carbocycles. The summed E-state index contributed by atoms with van der Waals surface area (Å²) in [6.07, 6.45) is 5.05. The molecule has 2 aliphatic rings. The van der Waals surface area contributed by atoms with Gasteiger partial charge in [-0.1, -0.05) is 15.9 Å². The Labute approximate surface area is 106 Å². The Morgan fingerprint density at radius 1 is 1.62 bits per heavy atom. The minimum atomic E-state index is -0.344. The van der Waals surface area contributed by atoms with Crippen LogP contribution in [0.1, 0.15) is 32.6 Å². The van der Waals surface area contributed by atoms with E-state index in [1.54, 1.807) is 6.92 Å². The number of nitrogens with zero attached hydrogens (tertiary/aromatic N) is 1. The van der Waals surface area contributed by atoms with Gasteiger partial charge in [0, 0.05) is 18.4 Å². The van der Waals surface area contributed by atoms with E-state index < -0.39 is 0 Å². The first-order valence-electron chi connectivity index (χ1n) is 6.17. The van der Waals surface area contributed by atoms with Gasteiger partial charge in [-0.3, -0.25) is 4.79 Å². The summed E-state index contributed by atoms with van der Waals surface area (Å²) >= 11 is 3.57. The van der Waals surface area contributed by atoms with E-state index in [4.69, 9.17) is 5.73 Å². The van der Waals surface area contributed by atoms with Gasteiger partial charge in [0.05, 0.1) is 6.04 Å². The molecule has 1 aliphatic heterocycles. The normalized spacial score (nSPS) is 35.9. The van der Waals surface area contributed by atoms with Gasteiger partial charge in [0.15, 0.2) is 0 Å². The van der Waals surface area contributed by atoms with Gasteiger partial charge >= 0.3 is 0 Å². The largest absolute Gasteiger partial charge is 0.341 e. The molecule has 3 unspecified atom stereocenters. The summed E-state index contributed by atoms with van der Waals surface area (Å²) in [4.78, 5) is 13.8. The summed E-state index contributed by atoms with van der Waals surface area (Å²) in [5.41, 5.74) is 6.08. The van der Waals surface area contributed by atoms with E-state index in [2.05, 4.69) is 15.9 Å². The minimum Gasteiger partial charge on any atom is -0.341 e. The molecule has 4 heteroatoms. The Kier molecular flexibility index (Phi) is 3.59. The highest BCUT2D eigenvalue weighted by atomic mass is 79.9. The Bertz CT molecular complexity index is 282. The molecule has 1 amide bonds. The van der Waals surface area contributed by atoms with Gasteiger partial charge < -0.3 is 10.6 Å². The molecule has 1 saturated heterocycles. The molecule has 0 bridgehead atoms. The number of likely N-dealkylation sites (tertiary alicyclic amines) is 1. The van der Waals surface area contributed by atoms with Crippen LogP contribution in [0.3, 0.4) is 0 Å². The number of alkyl halides is 1. The van der Waals surface area contributed by atoms with Crippen molar-refractivity contribution in [2.75, 3.05) is 18.4 Å². The zero-order valence-electron chi connectivity index (χ0n) is 9.92. The highest BCUT2D eigenvalue weighted by molar-refractivity contribution is 9.09. The van der Waals surface area contributed by atoms with Crippen LogP contribution in [0.2, 0.25) is 0 Å². The van der Waals surface area contributed by atoms with Crippen LogP contribution in [0.4, 0.5) is 0 Å². The van der Waals surface area contributed by atoms with Gasteiger partial charge in [0.25, 0.3) is 0 Å². The maximum atomic E-state index is 11.8. The van der Waals surface area contributed by atoms with Crippen molar-refractivity contribution >= 4 is 21.8 Å². The SMILES string of the molecule is CC(N)C(=O)N1CCC2(CCC(CBr)C2)C1. The van der Waals surface area contributed by atoms with Crippen molar-refractivity contribution in [3.63, 3.8) is 0 Å². The van der Waals surface area contributed by atoms with E-state index in [1.165, 1.54) is 25.7 Å². The zero-order valence-corrected chi connectivity index (χ0v) is 11.5. The lowest BCUT2D eigenvalue weighted by Gasteiger charge is -2.25. The third-order valence-electron chi connectivity index (χ3n) is 4.16. The van der Waals surface area contributed by atoms with Crippen molar-refractivity contribution in [2.24, 2.45) is 17.1 Å². The molecule has 2 fully saturated rings. The van der Waals surface area contributed by atoms with Crippen LogP contribution >= 0.6 is 15.9 Å². The first kappa shape index (κ1) is 12.4. The predicted octanol–water partition coefficient (Wildman–Crippen LogP) is 1.75. The molecule has 16 heavy (non-hydrogen) atoms. The summed E-state index contributed by atoms with van der Waals surface area (Å²) < 4.78 is 0. The quantitative estimate of drug-likeness (QED) is 0.787. The van der Waals surface area contributed by atoms with Crippen molar-refractivity contribution in [2.45, 2.75) is 38.6 Å². The number of halogens is 1. The topological polar surface area (TPSA) is 46.3 Å². The summed E-state index contributed by atoms with van der Waals surface area (Å²) in [6.45, 7) is 3.63. The second kappa shape index (κ2) is 4.65. The van der Waals surface area contributed by atoms with Crippen LogP contribution in [0, 0.1) is 11.3 Å². The van der Waals surface area contributed by atoms with Crippen LogP contribution in [-0.4, -0.2) is 35.3 Å². The summed E-state index contributed by atoms with van der Waals surface area (Å²) in [5.74, 6) is 0.935.